The van der Waals surface area contributed by atoms with E-state index in [1.54, 1.807) is 41.3 Å². The number of amides is 1. The monoisotopic (exact) mass is 329 g/mol. The molecule has 1 aliphatic heterocycles. The highest BCUT2D eigenvalue weighted by molar-refractivity contribution is 5.91. The van der Waals surface area contributed by atoms with Gasteiger partial charge < -0.3 is 14.1 Å². The summed E-state index contributed by atoms with van der Waals surface area (Å²) < 4.78 is 25.0. The predicted molar refractivity (Wildman–Crippen MR) is 89.7 cm³/mol. The molecule has 3 rings (SSSR count). The summed E-state index contributed by atoms with van der Waals surface area (Å²) in [5.41, 5.74) is 0.402. The SMILES string of the molecule is CC1CN(C(=O)/C=C/c2ccc(-c3ccccc3F)o2)CC(C)O1. The first-order valence-corrected chi connectivity index (χ1v) is 8.00. The van der Waals surface area contributed by atoms with E-state index in [4.69, 9.17) is 9.15 Å². The molecule has 1 amide bonds. The van der Waals surface area contributed by atoms with Crippen molar-refractivity contribution >= 4 is 12.0 Å². The van der Waals surface area contributed by atoms with Crippen LogP contribution < -0.4 is 0 Å². The minimum atomic E-state index is -0.338. The zero-order valence-electron chi connectivity index (χ0n) is 13.7. The third kappa shape index (κ3) is 3.74. The maximum atomic E-state index is 13.8. The Morgan fingerprint density at radius 1 is 1.17 bits per heavy atom. The summed E-state index contributed by atoms with van der Waals surface area (Å²) in [6, 6.07) is 9.84. The second-order valence-corrected chi connectivity index (χ2v) is 6.02. The number of rotatable bonds is 3. The van der Waals surface area contributed by atoms with Crippen LogP contribution in [0.15, 0.2) is 46.9 Å². The molecule has 0 radical (unpaired) electrons. The number of benzene rings is 1. The van der Waals surface area contributed by atoms with Crippen LogP contribution in [0.5, 0.6) is 0 Å². The first-order chi connectivity index (χ1) is 11.5. The van der Waals surface area contributed by atoms with Crippen molar-refractivity contribution in [1.82, 2.24) is 4.90 Å². The number of ether oxygens (including phenoxy) is 1. The summed E-state index contributed by atoms with van der Waals surface area (Å²) >= 11 is 0. The second kappa shape index (κ2) is 7.01. The number of nitrogens with zero attached hydrogens (tertiary/aromatic N) is 1. The maximum Gasteiger partial charge on any atom is 0.246 e. The van der Waals surface area contributed by atoms with E-state index in [9.17, 15) is 9.18 Å². The average Bonchev–Trinajstić information content (AvgIpc) is 3.01. The Balaban J connectivity index is 1.69. The summed E-state index contributed by atoms with van der Waals surface area (Å²) in [5, 5.41) is 0. The van der Waals surface area contributed by atoms with Crippen molar-refractivity contribution in [3.63, 3.8) is 0 Å². The van der Waals surface area contributed by atoms with Crippen molar-refractivity contribution in [2.45, 2.75) is 26.1 Å². The summed E-state index contributed by atoms with van der Waals surface area (Å²) in [6.45, 7) is 5.05. The molecule has 2 atom stereocenters. The largest absolute Gasteiger partial charge is 0.457 e. The molecule has 0 spiro atoms. The molecule has 1 saturated heterocycles. The van der Waals surface area contributed by atoms with Crippen molar-refractivity contribution in [2.24, 2.45) is 0 Å². The van der Waals surface area contributed by atoms with E-state index in [0.717, 1.165) is 0 Å². The lowest BCUT2D eigenvalue weighted by Crippen LogP contribution is -2.47. The van der Waals surface area contributed by atoms with Gasteiger partial charge in [0.2, 0.25) is 5.91 Å². The Kier molecular flexibility index (Phi) is 4.81. The van der Waals surface area contributed by atoms with Gasteiger partial charge in [-0.25, -0.2) is 4.39 Å². The van der Waals surface area contributed by atoms with Gasteiger partial charge in [0.05, 0.1) is 17.8 Å². The second-order valence-electron chi connectivity index (χ2n) is 6.02. The molecule has 24 heavy (non-hydrogen) atoms. The van der Waals surface area contributed by atoms with Crippen LogP contribution in [-0.2, 0) is 9.53 Å². The normalized spacial score (nSPS) is 21.4. The van der Waals surface area contributed by atoms with Gasteiger partial charge in [-0.1, -0.05) is 12.1 Å². The van der Waals surface area contributed by atoms with Crippen LogP contribution in [0.2, 0.25) is 0 Å². The standard InChI is InChI=1S/C19H20FNO3/c1-13-11-21(12-14(2)23-13)19(22)10-8-15-7-9-18(24-15)16-5-3-4-6-17(16)20/h3-10,13-14H,11-12H2,1-2H3/b10-8+. The van der Waals surface area contributed by atoms with Crippen LogP contribution in [0.4, 0.5) is 4.39 Å². The van der Waals surface area contributed by atoms with E-state index < -0.39 is 0 Å². The lowest BCUT2D eigenvalue weighted by atomic mass is 10.1. The Hall–Kier alpha value is -2.40. The molecule has 0 N–H and O–H groups in total. The van der Waals surface area contributed by atoms with Crippen LogP contribution in [0.25, 0.3) is 17.4 Å². The van der Waals surface area contributed by atoms with Crippen molar-refractivity contribution in [3.05, 3.63) is 54.1 Å². The lowest BCUT2D eigenvalue weighted by molar-refractivity contribution is -0.137. The average molecular weight is 329 g/mol. The van der Waals surface area contributed by atoms with Crippen molar-refractivity contribution in [1.29, 1.82) is 0 Å². The number of carbonyl (C=O) groups excluding carboxylic acids is 1. The van der Waals surface area contributed by atoms with Gasteiger partial charge in [-0.05, 0) is 44.2 Å². The molecule has 0 saturated carbocycles. The van der Waals surface area contributed by atoms with Gasteiger partial charge in [0.1, 0.15) is 17.3 Å². The topological polar surface area (TPSA) is 42.7 Å². The Bertz CT molecular complexity index is 743. The van der Waals surface area contributed by atoms with Crippen LogP contribution >= 0.6 is 0 Å². The van der Waals surface area contributed by atoms with Crippen LogP contribution in [0, 0.1) is 5.82 Å². The fourth-order valence-corrected chi connectivity index (χ4v) is 2.86. The Labute approximate surface area is 140 Å². The molecular weight excluding hydrogens is 309 g/mol. The fourth-order valence-electron chi connectivity index (χ4n) is 2.86. The smallest absolute Gasteiger partial charge is 0.246 e. The molecule has 4 nitrogen and oxygen atoms in total. The van der Waals surface area contributed by atoms with Crippen molar-refractivity contribution in [2.75, 3.05) is 13.1 Å². The third-order valence-electron chi connectivity index (χ3n) is 3.89. The van der Waals surface area contributed by atoms with E-state index in [-0.39, 0.29) is 23.9 Å². The Morgan fingerprint density at radius 2 is 1.88 bits per heavy atom. The molecule has 126 valence electrons. The third-order valence-corrected chi connectivity index (χ3v) is 3.89. The molecular formula is C19H20FNO3. The van der Waals surface area contributed by atoms with Crippen molar-refractivity contribution < 1.29 is 18.3 Å². The number of halogens is 1. The number of carbonyl (C=O) groups is 1. The number of hydrogen-bond acceptors (Lipinski definition) is 3. The summed E-state index contributed by atoms with van der Waals surface area (Å²) in [7, 11) is 0. The molecule has 0 bridgehead atoms. The minimum absolute atomic E-state index is 0.0300. The fraction of sp³-hybridized carbons (Fsp3) is 0.316. The molecule has 2 unspecified atom stereocenters. The quantitative estimate of drug-likeness (QED) is 0.806. The molecule has 2 heterocycles. The van der Waals surface area contributed by atoms with Crippen molar-refractivity contribution in [3.8, 4) is 11.3 Å². The van der Waals surface area contributed by atoms with Gasteiger partial charge in [0, 0.05) is 19.2 Å². The van der Waals surface area contributed by atoms with Crippen LogP contribution in [-0.4, -0.2) is 36.1 Å². The van der Waals surface area contributed by atoms with E-state index in [1.807, 2.05) is 13.8 Å². The number of furan rings is 1. The van der Waals surface area contributed by atoms with Gasteiger partial charge in [-0.2, -0.15) is 0 Å². The molecule has 0 aliphatic carbocycles. The summed E-state index contributed by atoms with van der Waals surface area (Å²) in [5.74, 6) is 0.528. The number of hydrogen-bond donors (Lipinski definition) is 0. The molecule has 1 aromatic heterocycles. The summed E-state index contributed by atoms with van der Waals surface area (Å²) in [6.07, 6.45) is 3.15. The minimum Gasteiger partial charge on any atom is -0.457 e. The first-order valence-electron chi connectivity index (χ1n) is 8.00. The van der Waals surface area contributed by atoms with Crippen LogP contribution in [0.3, 0.4) is 0 Å². The van der Waals surface area contributed by atoms with Crippen LogP contribution in [0.1, 0.15) is 19.6 Å². The molecule has 1 fully saturated rings. The predicted octanol–water partition coefficient (Wildman–Crippen LogP) is 3.73. The highest BCUT2D eigenvalue weighted by Gasteiger charge is 2.24. The van der Waals surface area contributed by atoms with E-state index >= 15 is 0 Å². The van der Waals surface area contributed by atoms with Gasteiger partial charge >= 0.3 is 0 Å². The number of morpholine rings is 1. The first kappa shape index (κ1) is 16.5. The molecule has 5 heteroatoms. The van der Waals surface area contributed by atoms with E-state index in [1.165, 1.54) is 12.1 Å². The zero-order chi connectivity index (χ0) is 17.1. The molecule has 1 aliphatic rings. The lowest BCUT2D eigenvalue weighted by Gasteiger charge is -2.34. The van der Waals surface area contributed by atoms with E-state index in [2.05, 4.69) is 0 Å². The van der Waals surface area contributed by atoms with Gasteiger partial charge in [0.25, 0.3) is 0 Å². The van der Waals surface area contributed by atoms with Gasteiger partial charge in [-0.15, -0.1) is 0 Å². The molecule has 2 aromatic rings. The molecule has 1 aromatic carbocycles. The van der Waals surface area contributed by atoms with Gasteiger partial charge in [0.15, 0.2) is 0 Å². The summed E-state index contributed by atoms with van der Waals surface area (Å²) in [4.78, 5) is 14.0. The van der Waals surface area contributed by atoms with Gasteiger partial charge in [-0.3, -0.25) is 4.79 Å². The highest BCUT2D eigenvalue weighted by atomic mass is 19.1. The maximum absolute atomic E-state index is 13.8. The van der Waals surface area contributed by atoms with E-state index in [0.29, 0.717) is 30.2 Å². The zero-order valence-corrected chi connectivity index (χ0v) is 13.7. The highest BCUT2D eigenvalue weighted by Crippen LogP contribution is 2.25. The Morgan fingerprint density at radius 3 is 2.58 bits per heavy atom.